The number of amides is 1. The van der Waals surface area contributed by atoms with Crippen molar-refractivity contribution in [3.8, 4) is 11.8 Å². The van der Waals surface area contributed by atoms with Gasteiger partial charge in [0, 0.05) is 16.3 Å². The fourth-order valence-corrected chi connectivity index (χ4v) is 2.60. The lowest BCUT2D eigenvalue weighted by atomic mass is 10.1. The Bertz CT molecular complexity index is 853. The summed E-state index contributed by atoms with van der Waals surface area (Å²) in [6, 6.07) is 14.6. The molecule has 0 spiro atoms. The number of anilines is 1. The number of ether oxygens (including phenoxy) is 1. The smallest absolute Gasteiger partial charge is 0.266 e. The van der Waals surface area contributed by atoms with Crippen LogP contribution in [0.25, 0.3) is 6.08 Å². The van der Waals surface area contributed by atoms with Gasteiger partial charge in [-0.1, -0.05) is 43.6 Å². The minimum absolute atomic E-state index is 0.0143. The van der Waals surface area contributed by atoms with Crippen molar-refractivity contribution >= 4 is 29.3 Å². The predicted molar refractivity (Wildman–Crippen MR) is 105 cm³/mol. The predicted octanol–water partition coefficient (Wildman–Crippen LogP) is 5.24. The Balaban J connectivity index is 2.31. The average Bonchev–Trinajstić information content (AvgIpc) is 2.65. The second kappa shape index (κ2) is 9.65. The number of para-hydroxylation sites is 1. The molecule has 0 aromatic heterocycles. The first-order valence-electron chi connectivity index (χ1n) is 8.52. The Hall–Kier alpha value is -2.77. The number of hydrogen-bond acceptors (Lipinski definition) is 3. The van der Waals surface area contributed by atoms with Crippen LogP contribution in [0.1, 0.15) is 31.4 Å². The second-order valence-electron chi connectivity index (χ2n) is 5.67. The third-order valence-corrected chi connectivity index (χ3v) is 3.98. The lowest BCUT2D eigenvalue weighted by molar-refractivity contribution is -0.112. The summed E-state index contributed by atoms with van der Waals surface area (Å²) in [6.45, 7) is 4.56. The van der Waals surface area contributed by atoms with Gasteiger partial charge < -0.3 is 10.1 Å². The molecule has 2 aromatic carbocycles. The summed E-state index contributed by atoms with van der Waals surface area (Å²) < 4.78 is 5.68. The fraction of sp³-hybridized carbons (Fsp3) is 0.238. The van der Waals surface area contributed by atoms with E-state index < -0.39 is 5.91 Å². The van der Waals surface area contributed by atoms with E-state index in [2.05, 4.69) is 5.32 Å². The Kier molecular flexibility index (Phi) is 7.25. The molecule has 0 unspecified atom stereocenters. The number of aryl methyl sites for hydroxylation is 1. The van der Waals surface area contributed by atoms with Crippen molar-refractivity contribution in [2.24, 2.45) is 0 Å². The van der Waals surface area contributed by atoms with Crippen LogP contribution in [0.4, 0.5) is 5.69 Å². The third kappa shape index (κ3) is 5.11. The molecule has 0 heterocycles. The molecule has 0 aliphatic rings. The first kappa shape index (κ1) is 19.6. The molecule has 2 aromatic rings. The SMILES string of the molecule is CCCOc1ccc(Cl)cc1/C=C(\C#N)C(=O)Nc1ccccc1CC. The normalized spacial score (nSPS) is 10.9. The van der Waals surface area contributed by atoms with Gasteiger partial charge in [0.2, 0.25) is 0 Å². The van der Waals surface area contributed by atoms with Crippen molar-refractivity contribution in [2.45, 2.75) is 26.7 Å². The van der Waals surface area contributed by atoms with Crippen LogP contribution in [0.3, 0.4) is 0 Å². The maximum atomic E-state index is 12.6. The van der Waals surface area contributed by atoms with Crippen molar-refractivity contribution in [3.05, 3.63) is 64.2 Å². The number of carbonyl (C=O) groups excluding carboxylic acids is 1. The number of nitriles is 1. The topological polar surface area (TPSA) is 62.1 Å². The summed E-state index contributed by atoms with van der Waals surface area (Å²) in [5, 5.41) is 12.8. The number of nitrogens with one attached hydrogen (secondary N) is 1. The van der Waals surface area contributed by atoms with Crippen LogP contribution in [0.2, 0.25) is 5.02 Å². The fourth-order valence-electron chi connectivity index (χ4n) is 2.42. The van der Waals surface area contributed by atoms with Crippen molar-refractivity contribution in [1.82, 2.24) is 0 Å². The standard InChI is InChI=1S/C21H21ClN2O2/c1-3-11-26-20-10-9-18(22)13-16(20)12-17(14-23)21(25)24-19-8-6-5-7-15(19)4-2/h5-10,12-13H,3-4,11H2,1-2H3,(H,24,25)/b17-12+. The number of carbonyl (C=O) groups is 1. The first-order valence-corrected chi connectivity index (χ1v) is 8.90. The van der Waals surface area contributed by atoms with Crippen LogP contribution in [0, 0.1) is 11.3 Å². The molecular formula is C21H21ClN2O2. The van der Waals surface area contributed by atoms with Gasteiger partial charge in [-0.25, -0.2) is 0 Å². The van der Waals surface area contributed by atoms with E-state index in [9.17, 15) is 10.1 Å². The Morgan fingerprint density at radius 3 is 2.73 bits per heavy atom. The molecule has 0 radical (unpaired) electrons. The van der Waals surface area contributed by atoms with E-state index in [1.54, 1.807) is 18.2 Å². The molecule has 0 fully saturated rings. The van der Waals surface area contributed by atoms with E-state index in [-0.39, 0.29) is 5.57 Å². The van der Waals surface area contributed by atoms with Gasteiger partial charge in [-0.2, -0.15) is 5.26 Å². The number of benzene rings is 2. The molecule has 0 bridgehead atoms. The molecule has 0 aliphatic carbocycles. The van der Waals surface area contributed by atoms with Gasteiger partial charge in [0.25, 0.3) is 5.91 Å². The maximum absolute atomic E-state index is 12.6. The molecule has 26 heavy (non-hydrogen) atoms. The summed E-state index contributed by atoms with van der Waals surface area (Å²) in [4.78, 5) is 12.6. The molecule has 134 valence electrons. The van der Waals surface area contributed by atoms with Gasteiger partial charge in [-0.05, 0) is 48.7 Å². The molecule has 0 atom stereocenters. The quantitative estimate of drug-likeness (QED) is 0.537. The maximum Gasteiger partial charge on any atom is 0.266 e. The van der Waals surface area contributed by atoms with Crippen LogP contribution in [0.5, 0.6) is 5.75 Å². The number of rotatable bonds is 7. The minimum Gasteiger partial charge on any atom is -0.493 e. The lowest BCUT2D eigenvalue weighted by Gasteiger charge is -2.11. The van der Waals surface area contributed by atoms with Crippen LogP contribution >= 0.6 is 11.6 Å². The highest BCUT2D eigenvalue weighted by atomic mass is 35.5. The highest BCUT2D eigenvalue weighted by molar-refractivity contribution is 6.30. The highest BCUT2D eigenvalue weighted by Crippen LogP contribution is 2.26. The van der Waals surface area contributed by atoms with E-state index in [0.29, 0.717) is 28.6 Å². The molecule has 1 amide bonds. The molecule has 4 nitrogen and oxygen atoms in total. The summed E-state index contributed by atoms with van der Waals surface area (Å²) >= 11 is 6.06. The van der Waals surface area contributed by atoms with Crippen molar-refractivity contribution in [3.63, 3.8) is 0 Å². The lowest BCUT2D eigenvalue weighted by Crippen LogP contribution is -2.14. The molecule has 0 saturated carbocycles. The molecule has 0 aliphatic heterocycles. The van der Waals surface area contributed by atoms with Crippen molar-refractivity contribution in [1.29, 1.82) is 5.26 Å². The number of halogens is 1. The van der Waals surface area contributed by atoms with Gasteiger partial charge in [-0.15, -0.1) is 0 Å². The van der Waals surface area contributed by atoms with E-state index in [0.717, 1.165) is 18.4 Å². The minimum atomic E-state index is -0.463. The van der Waals surface area contributed by atoms with E-state index in [1.165, 1.54) is 6.08 Å². The monoisotopic (exact) mass is 368 g/mol. The highest BCUT2D eigenvalue weighted by Gasteiger charge is 2.13. The largest absolute Gasteiger partial charge is 0.493 e. The zero-order valence-corrected chi connectivity index (χ0v) is 15.6. The van der Waals surface area contributed by atoms with Crippen LogP contribution < -0.4 is 10.1 Å². The zero-order chi connectivity index (χ0) is 18.9. The summed E-state index contributed by atoms with van der Waals surface area (Å²) in [5.74, 6) is 0.126. The van der Waals surface area contributed by atoms with E-state index in [4.69, 9.17) is 16.3 Å². The summed E-state index contributed by atoms with van der Waals surface area (Å²) in [7, 11) is 0. The second-order valence-corrected chi connectivity index (χ2v) is 6.10. The molecule has 5 heteroatoms. The van der Waals surface area contributed by atoms with Crippen molar-refractivity contribution in [2.75, 3.05) is 11.9 Å². The Labute approximate surface area is 159 Å². The van der Waals surface area contributed by atoms with Gasteiger partial charge in [-0.3, -0.25) is 4.79 Å². The summed E-state index contributed by atoms with van der Waals surface area (Å²) in [6.07, 6.45) is 3.14. The van der Waals surface area contributed by atoms with Gasteiger partial charge >= 0.3 is 0 Å². The van der Waals surface area contributed by atoms with Gasteiger partial charge in [0.15, 0.2) is 0 Å². The number of hydrogen-bond donors (Lipinski definition) is 1. The Morgan fingerprint density at radius 1 is 1.27 bits per heavy atom. The zero-order valence-electron chi connectivity index (χ0n) is 14.9. The molecular weight excluding hydrogens is 348 g/mol. The summed E-state index contributed by atoms with van der Waals surface area (Å²) in [5.41, 5.74) is 2.29. The van der Waals surface area contributed by atoms with Gasteiger partial charge in [0.1, 0.15) is 17.4 Å². The molecule has 0 saturated heterocycles. The third-order valence-electron chi connectivity index (χ3n) is 3.74. The first-order chi connectivity index (χ1) is 12.6. The molecule has 1 N–H and O–H groups in total. The average molecular weight is 369 g/mol. The van der Waals surface area contributed by atoms with Crippen LogP contribution in [-0.4, -0.2) is 12.5 Å². The van der Waals surface area contributed by atoms with E-state index in [1.807, 2.05) is 44.2 Å². The van der Waals surface area contributed by atoms with E-state index >= 15 is 0 Å². The van der Waals surface area contributed by atoms with Crippen LogP contribution in [-0.2, 0) is 11.2 Å². The Morgan fingerprint density at radius 2 is 2.04 bits per heavy atom. The van der Waals surface area contributed by atoms with Gasteiger partial charge in [0.05, 0.1) is 6.61 Å². The number of nitrogens with zero attached hydrogens (tertiary/aromatic N) is 1. The van der Waals surface area contributed by atoms with Crippen LogP contribution in [0.15, 0.2) is 48.0 Å². The van der Waals surface area contributed by atoms with Crippen molar-refractivity contribution < 1.29 is 9.53 Å². The molecule has 2 rings (SSSR count).